The summed E-state index contributed by atoms with van der Waals surface area (Å²) in [5.41, 5.74) is 2.72. The predicted octanol–water partition coefficient (Wildman–Crippen LogP) is 5.43. The molecule has 0 unspecified atom stereocenters. The van der Waals surface area contributed by atoms with Gasteiger partial charge in [-0.3, -0.25) is 0 Å². The number of ether oxygens (including phenoxy) is 3. The maximum absolute atomic E-state index is 13.0. The lowest BCUT2D eigenvalue weighted by Crippen LogP contribution is -2.29. The van der Waals surface area contributed by atoms with Gasteiger partial charge >= 0.3 is 5.97 Å². The third kappa shape index (κ3) is 5.83. The van der Waals surface area contributed by atoms with Crippen molar-refractivity contribution in [3.8, 4) is 28.6 Å². The smallest absolute Gasteiger partial charge is 0.374 e. The Bertz CT molecular complexity index is 1510. The quantitative estimate of drug-likeness (QED) is 0.190. The summed E-state index contributed by atoms with van der Waals surface area (Å²) in [5, 5.41) is 26.0. The number of aromatic nitrogens is 2. The molecule has 0 spiro atoms. The standard InChI is InChI=1S/C30H24N2O7/c1-36-23-14-12-20(13-15-23)19-37-28-18-32(35)25(24-16-27(30(33)34)39-31-24)17-26(28)38-29(21-8-4-2-5-9-21)22-10-6-3-7-11-22/h2-18,29H,19H2,1H3,(H,33,34). The maximum atomic E-state index is 13.0. The van der Waals surface area contributed by atoms with Gasteiger partial charge in [-0.05, 0) is 28.8 Å². The summed E-state index contributed by atoms with van der Waals surface area (Å²) in [6.45, 7) is 0.161. The second-order valence-electron chi connectivity index (χ2n) is 8.55. The van der Waals surface area contributed by atoms with Crippen molar-refractivity contribution in [2.24, 2.45) is 0 Å². The molecule has 0 aliphatic heterocycles. The first-order valence-electron chi connectivity index (χ1n) is 12.0. The first-order chi connectivity index (χ1) is 19.0. The highest BCUT2D eigenvalue weighted by Gasteiger charge is 2.25. The van der Waals surface area contributed by atoms with Crippen LogP contribution in [-0.2, 0) is 6.61 Å². The normalized spacial score (nSPS) is 10.8. The van der Waals surface area contributed by atoms with Crippen LogP contribution in [0.3, 0.4) is 0 Å². The number of hydrogen-bond donors (Lipinski definition) is 1. The fraction of sp³-hybridized carbons (Fsp3) is 0.100. The van der Waals surface area contributed by atoms with Crippen molar-refractivity contribution in [1.29, 1.82) is 0 Å². The Kier molecular flexibility index (Phi) is 7.40. The fourth-order valence-corrected chi connectivity index (χ4v) is 3.98. The Labute approximate surface area is 224 Å². The van der Waals surface area contributed by atoms with E-state index in [9.17, 15) is 15.1 Å². The minimum atomic E-state index is -1.30. The van der Waals surface area contributed by atoms with Crippen LogP contribution < -0.4 is 18.9 Å². The molecule has 0 saturated heterocycles. The van der Waals surface area contributed by atoms with Crippen LogP contribution in [0.25, 0.3) is 11.4 Å². The molecule has 5 rings (SSSR count). The number of benzene rings is 3. The highest BCUT2D eigenvalue weighted by Crippen LogP contribution is 2.36. The number of carboxylic acids is 1. The van der Waals surface area contributed by atoms with Gasteiger partial charge in [-0.15, -0.1) is 0 Å². The van der Waals surface area contributed by atoms with E-state index in [1.165, 1.54) is 18.3 Å². The van der Waals surface area contributed by atoms with Gasteiger partial charge in [0.25, 0.3) is 0 Å². The van der Waals surface area contributed by atoms with Gasteiger partial charge in [-0.2, -0.15) is 4.73 Å². The molecule has 2 heterocycles. The SMILES string of the molecule is COc1ccc(COc2c[n+]([O-])c(-c3cc(C(=O)O)on3)cc2OC(c2ccccc2)c2ccccc2)cc1. The number of pyridine rings is 1. The summed E-state index contributed by atoms with van der Waals surface area (Å²) in [6.07, 6.45) is 0.703. The third-order valence-corrected chi connectivity index (χ3v) is 5.97. The van der Waals surface area contributed by atoms with Gasteiger partial charge in [-0.25, -0.2) is 4.79 Å². The van der Waals surface area contributed by atoms with E-state index in [0.29, 0.717) is 10.5 Å². The van der Waals surface area contributed by atoms with Crippen LogP contribution in [0, 0.1) is 5.21 Å². The van der Waals surface area contributed by atoms with Crippen molar-refractivity contribution in [1.82, 2.24) is 5.16 Å². The van der Waals surface area contributed by atoms with Crippen LogP contribution in [0.4, 0.5) is 0 Å². The third-order valence-electron chi connectivity index (χ3n) is 5.97. The molecule has 3 aromatic carbocycles. The van der Waals surface area contributed by atoms with Crippen LogP contribution in [0.2, 0.25) is 0 Å². The van der Waals surface area contributed by atoms with Gasteiger partial charge in [0.05, 0.1) is 13.2 Å². The first-order valence-corrected chi connectivity index (χ1v) is 12.0. The summed E-state index contributed by atoms with van der Waals surface area (Å²) in [7, 11) is 1.59. The zero-order chi connectivity index (χ0) is 27.2. The Morgan fingerprint density at radius 3 is 2.15 bits per heavy atom. The summed E-state index contributed by atoms with van der Waals surface area (Å²) in [4.78, 5) is 11.3. The minimum Gasteiger partial charge on any atom is -0.618 e. The van der Waals surface area contributed by atoms with E-state index in [4.69, 9.17) is 18.7 Å². The van der Waals surface area contributed by atoms with Gasteiger partial charge in [0, 0.05) is 6.07 Å². The largest absolute Gasteiger partial charge is 0.618 e. The molecule has 0 aliphatic rings. The molecule has 0 radical (unpaired) electrons. The van der Waals surface area contributed by atoms with Crippen molar-refractivity contribution < 1.29 is 33.4 Å². The van der Waals surface area contributed by atoms with E-state index in [-0.39, 0.29) is 29.5 Å². The monoisotopic (exact) mass is 524 g/mol. The lowest BCUT2D eigenvalue weighted by molar-refractivity contribution is -0.594. The Morgan fingerprint density at radius 1 is 0.949 bits per heavy atom. The molecule has 0 amide bonds. The van der Waals surface area contributed by atoms with Crippen LogP contribution >= 0.6 is 0 Å². The zero-order valence-corrected chi connectivity index (χ0v) is 20.9. The molecule has 2 aromatic heterocycles. The van der Waals surface area contributed by atoms with E-state index in [0.717, 1.165) is 16.7 Å². The fourth-order valence-electron chi connectivity index (χ4n) is 3.98. The highest BCUT2D eigenvalue weighted by molar-refractivity contribution is 5.85. The van der Waals surface area contributed by atoms with E-state index < -0.39 is 17.8 Å². The lowest BCUT2D eigenvalue weighted by Gasteiger charge is -2.22. The van der Waals surface area contributed by atoms with E-state index in [2.05, 4.69) is 5.16 Å². The minimum absolute atomic E-state index is 0.0397. The Hall–Kier alpha value is -5.31. The highest BCUT2D eigenvalue weighted by atomic mass is 16.5. The van der Waals surface area contributed by atoms with Gasteiger partial charge in [0.2, 0.25) is 23.4 Å². The molecule has 39 heavy (non-hydrogen) atoms. The molecule has 196 valence electrons. The second-order valence-corrected chi connectivity index (χ2v) is 8.55. The molecular formula is C30H24N2O7. The predicted molar refractivity (Wildman–Crippen MR) is 141 cm³/mol. The van der Waals surface area contributed by atoms with Crippen LogP contribution in [0.1, 0.15) is 33.3 Å². The second kappa shape index (κ2) is 11.4. The number of methoxy groups -OCH3 is 1. The average molecular weight is 525 g/mol. The Balaban J connectivity index is 1.55. The van der Waals surface area contributed by atoms with Crippen molar-refractivity contribution in [2.75, 3.05) is 7.11 Å². The zero-order valence-electron chi connectivity index (χ0n) is 20.9. The van der Waals surface area contributed by atoms with Crippen LogP contribution in [0.5, 0.6) is 17.2 Å². The van der Waals surface area contributed by atoms with Gasteiger partial charge in [0.15, 0.2) is 11.4 Å². The molecule has 5 aromatic rings. The van der Waals surface area contributed by atoms with Crippen molar-refractivity contribution >= 4 is 5.97 Å². The molecule has 0 bridgehead atoms. The van der Waals surface area contributed by atoms with Crippen molar-refractivity contribution in [2.45, 2.75) is 12.7 Å². The number of aromatic carboxylic acids is 1. The summed E-state index contributed by atoms with van der Waals surface area (Å²) < 4.78 is 23.2. The Morgan fingerprint density at radius 2 is 1.59 bits per heavy atom. The van der Waals surface area contributed by atoms with Crippen LogP contribution in [0.15, 0.2) is 108 Å². The van der Waals surface area contributed by atoms with Gasteiger partial charge < -0.3 is 29.0 Å². The van der Waals surface area contributed by atoms with Crippen molar-refractivity contribution in [3.63, 3.8) is 0 Å². The molecule has 9 heteroatoms. The van der Waals surface area contributed by atoms with E-state index in [1.807, 2.05) is 84.9 Å². The molecule has 1 N–H and O–H groups in total. The molecule has 0 atom stereocenters. The lowest BCUT2D eigenvalue weighted by atomic mass is 10.0. The van der Waals surface area contributed by atoms with E-state index in [1.54, 1.807) is 7.11 Å². The molecular weight excluding hydrogens is 500 g/mol. The summed E-state index contributed by atoms with van der Waals surface area (Å²) in [5.74, 6) is -0.507. The number of carbonyl (C=O) groups is 1. The van der Waals surface area contributed by atoms with E-state index >= 15 is 0 Å². The number of rotatable bonds is 10. The van der Waals surface area contributed by atoms with Crippen molar-refractivity contribution in [3.05, 3.63) is 131 Å². The number of hydrogen-bond acceptors (Lipinski definition) is 7. The summed E-state index contributed by atoms with van der Waals surface area (Å²) >= 11 is 0. The van der Waals surface area contributed by atoms with Crippen LogP contribution in [-0.4, -0.2) is 23.3 Å². The molecule has 0 aliphatic carbocycles. The van der Waals surface area contributed by atoms with Gasteiger partial charge in [-0.1, -0.05) is 78.0 Å². The molecule has 0 saturated carbocycles. The maximum Gasteiger partial charge on any atom is 0.374 e. The topological polar surface area (TPSA) is 118 Å². The molecule has 0 fully saturated rings. The number of carboxylic acid groups (broad SMARTS) is 1. The first kappa shape index (κ1) is 25.3. The van der Waals surface area contributed by atoms with Gasteiger partial charge in [0.1, 0.15) is 18.5 Å². The summed E-state index contributed by atoms with van der Waals surface area (Å²) in [6, 6.07) is 29.3. The average Bonchev–Trinajstić information content (AvgIpc) is 3.47. The number of nitrogens with zero attached hydrogens (tertiary/aromatic N) is 2. The molecule has 9 nitrogen and oxygen atoms in total.